The van der Waals surface area contributed by atoms with Crippen molar-refractivity contribution in [1.29, 1.82) is 0 Å². The minimum Gasteiger partial charge on any atom is -0.330 e. The van der Waals surface area contributed by atoms with E-state index >= 15 is 0 Å². The van der Waals surface area contributed by atoms with Crippen LogP contribution < -0.4 is 5.73 Å². The van der Waals surface area contributed by atoms with Crippen molar-refractivity contribution in [3.63, 3.8) is 0 Å². The lowest BCUT2D eigenvalue weighted by molar-refractivity contribution is 0.582. The Balaban J connectivity index is 2.88. The number of hydrogen-bond donors (Lipinski definition) is 1. The van der Waals surface area contributed by atoms with Gasteiger partial charge in [-0.05, 0) is 37.1 Å². The summed E-state index contributed by atoms with van der Waals surface area (Å²) in [6, 6.07) is 2.11. The second-order valence-corrected chi connectivity index (χ2v) is 3.16. The van der Waals surface area contributed by atoms with Gasteiger partial charge in [-0.2, -0.15) is 0 Å². The first-order valence-electron chi connectivity index (χ1n) is 3.98. The van der Waals surface area contributed by atoms with Gasteiger partial charge in [0.15, 0.2) is 0 Å². The molecule has 0 aliphatic rings. The van der Waals surface area contributed by atoms with Gasteiger partial charge in [0.1, 0.15) is 11.6 Å². The maximum atomic E-state index is 13.1. The third-order valence-corrected chi connectivity index (χ3v) is 2.03. The van der Waals surface area contributed by atoms with Crippen LogP contribution in [0.2, 0.25) is 5.02 Å². The summed E-state index contributed by atoms with van der Waals surface area (Å²) in [5, 5.41) is -0.186. The first-order valence-corrected chi connectivity index (χ1v) is 4.36. The molecular weight excluding hydrogens is 196 g/mol. The highest BCUT2D eigenvalue weighted by Crippen LogP contribution is 2.19. The largest absolute Gasteiger partial charge is 0.330 e. The number of halogens is 3. The van der Waals surface area contributed by atoms with Gasteiger partial charge in [0, 0.05) is 0 Å². The van der Waals surface area contributed by atoms with Crippen LogP contribution in [0.25, 0.3) is 0 Å². The van der Waals surface area contributed by atoms with Crippen molar-refractivity contribution < 1.29 is 8.78 Å². The van der Waals surface area contributed by atoms with Crippen molar-refractivity contribution in [1.82, 2.24) is 0 Å². The lowest BCUT2D eigenvalue weighted by atomic mass is 10.1. The molecule has 13 heavy (non-hydrogen) atoms. The molecule has 0 aliphatic heterocycles. The Morgan fingerprint density at radius 3 is 2.54 bits per heavy atom. The summed E-state index contributed by atoms with van der Waals surface area (Å²) in [4.78, 5) is 0. The molecule has 0 amide bonds. The van der Waals surface area contributed by atoms with Gasteiger partial charge in [0.2, 0.25) is 0 Å². The molecule has 1 nitrogen and oxygen atoms in total. The number of rotatable bonds is 3. The molecule has 0 unspecified atom stereocenters. The molecule has 1 aromatic carbocycles. The second kappa shape index (κ2) is 4.53. The lowest BCUT2D eigenvalue weighted by Gasteiger charge is -2.03. The molecule has 0 saturated carbocycles. The molecule has 0 aliphatic carbocycles. The summed E-state index contributed by atoms with van der Waals surface area (Å²) in [6.07, 6.45) is 1.08. The first-order chi connectivity index (χ1) is 6.15. The molecule has 0 heterocycles. The first kappa shape index (κ1) is 10.4. The standard InChI is InChI=1S/C9H10ClF2N/c10-7-5-8(11)6(2-1-3-13)4-9(7)12/h4-5H,1-3,13H2. The molecular formula is C9H10ClF2N. The maximum Gasteiger partial charge on any atom is 0.142 e. The van der Waals surface area contributed by atoms with Crippen molar-refractivity contribution in [3.8, 4) is 0 Å². The zero-order valence-electron chi connectivity index (χ0n) is 6.99. The van der Waals surface area contributed by atoms with E-state index in [0.717, 1.165) is 12.1 Å². The fraction of sp³-hybridized carbons (Fsp3) is 0.333. The molecule has 4 heteroatoms. The number of benzene rings is 1. The molecule has 0 atom stereocenters. The van der Waals surface area contributed by atoms with Crippen molar-refractivity contribution >= 4 is 11.6 Å². The highest BCUT2D eigenvalue weighted by molar-refractivity contribution is 6.30. The quantitative estimate of drug-likeness (QED) is 0.754. The fourth-order valence-electron chi connectivity index (χ4n) is 1.05. The van der Waals surface area contributed by atoms with Crippen LogP contribution >= 0.6 is 11.6 Å². The summed E-state index contributed by atoms with van der Waals surface area (Å²) < 4.78 is 25.9. The normalized spacial score (nSPS) is 10.5. The second-order valence-electron chi connectivity index (χ2n) is 2.75. The van der Waals surface area contributed by atoms with E-state index in [-0.39, 0.29) is 5.02 Å². The average molecular weight is 206 g/mol. The van der Waals surface area contributed by atoms with Gasteiger partial charge in [0.05, 0.1) is 5.02 Å². The van der Waals surface area contributed by atoms with E-state index in [0.29, 0.717) is 24.9 Å². The van der Waals surface area contributed by atoms with Gasteiger partial charge in [-0.15, -0.1) is 0 Å². The van der Waals surface area contributed by atoms with Gasteiger partial charge in [-0.25, -0.2) is 8.78 Å². The lowest BCUT2D eigenvalue weighted by Crippen LogP contribution is -2.02. The van der Waals surface area contributed by atoms with Crippen LogP contribution in [0, 0.1) is 11.6 Å². The predicted molar refractivity (Wildman–Crippen MR) is 48.7 cm³/mol. The molecule has 1 aromatic rings. The van der Waals surface area contributed by atoms with E-state index in [1.165, 1.54) is 0 Å². The van der Waals surface area contributed by atoms with Crippen molar-refractivity contribution in [2.45, 2.75) is 12.8 Å². The smallest absolute Gasteiger partial charge is 0.142 e. The van der Waals surface area contributed by atoms with Gasteiger partial charge >= 0.3 is 0 Å². The van der Waals surface area contributed by atoms with Crippen LogP contribution in [0.15, 0.2) is 12.1 Å². The fourth-order valence-corrected chi connectivity index (χ4v) is 1.20. The monoisotopic (exact) mass is 205 g/mol. The highest BCUT2D eigenvalue weighted by atomic mass is 35.5. The van der Waals surface area contributed by atoms with E-state index in [1.54, 1.807) is 0 Å². The van der Waals surface area contributed by atoms with Gasteiger partial charge < -0.3 is 5.73 Å². The Kier molecular flexibility index (Phi) is 3.63. The molecule has 0 spiro atoms. The van der Waals surface area contributed by atoms with E-state index < -0.39 is 11.6 Å². The summed E-state index contributed by atoms with van der Waals surface area (Å²) in [5.41, 5.74) is 5.58. The van der Waals surface area contributed by atoms with E-state index in [2.05, 4.69) is 0 Å². The van der Waals surface area contributed by atoms with Crippen LogP contribution in [0.5, 0.6) is 0 Å². The van der Waals surface area contributed by atoms with Crippen molar-refractivity contribution in [3.05, 3.63) is 34.4 Å². The third kappa shape index (κ3) is 2.64. The van der Waals surface area contributed by atoms with Gasteiger partial charge in [-0.1, -0.05) is 11.6 Å². The Labute approximate surface area is 80.5 Å². The van der Waals surface area contributed by atoms with Crippen LogP contribution in [0.1, 0.15) is 12.0 Å². The Morgan fingerprint density at radius 2 is 1.92 bits per heavy atom. The summed E-state index contributed by atoms with van der Waals surface area (Å²) in [6.45, 7) is 0.462. The molecule has 0 fully saturated rings. The van der Waals surface area contributed by atoms with Crippen LogP contribution in [0.4, 0.5) is 8.78 Å². The van der Waals surface area contributed by atoms with Gasteiger partial charge in [0.25, 0.3) is 0 Å². The summed E-state index contributed by atoms with van der Waals surface area (Å²) in [7, 11) is 0. The molecule has 0 radical (unpaired) electrons. The Morgan fingerprint density at radius 1 is 1.23 bits per heavy atom. The van der Waals surface area contributed by atoms with Gasteiger partial charge in [-0.3, -0.25) is 0 Å². The number of nitrogens with two attached hydrogens (primary N) is 1. The summed E-state index contributed by atoms with van der Waals surface area (Å²) in [5.74, 6) is -1.06. The van der Waals surface area contributed by atoms with Crippen molar-refractivity contribution in [2.24, 2.45) is 5.73 Å². The minimum absolute atomic E-state index is 0.186. The maximum absolute atomic E-state index is 13.1. The Bertz CT molecular complexity index is 302. The predicted octanol–water partition coefficient (Wildman–Crippen LogP) is 2.51. The third-order valence-electron chi connectivity index (χ3n) is 1.74. The van der Waals surface area contributed by atoms with E-state index in [4.69, 9.17) is 17.3 Å². The molecule has 0 bridgehead atoms. The average Bonchev–Trinajstić information content (AvgIpc) is 2.09. The van der Waals surface area contributed by atoms with Crippen molar-refractivity contribution in [2.75, 3.05) is 6.54 Å². The molecule has 0 saturated heterocycles. The SMILES string of the molecule is NCCCc1cc(F)c(Cl)cc1F. The summed E-state index contributed by atoms with van der Waals surface area (Å²) >= 11 is 5.38. The van der Waals surface area contributed by atoms with Crippen LogP contribution in [-0.2, 0) is 6.42 Å². The van der Waals surface area contributed by atoms with Crippen LogP contribution in [-0.4, -0.2) is 6.54 Å². The molecule has 1 rings (SSSR count). The zero-order chi connectivity index (χ0) is 9.84. The Hall–Kier alpha value is -0.670. The molecule has 72 valence electrons. The topological polar surface area (TPSA) is 26.0 Å². The minimum atomic E-state index is -0.588. The molecule has 2 N–H and O–H groups in total. The highest BCUT2D eigenvalue weighted by Gasteiger charge is 2.07. The number of hydrogen-bond acceptors (Lipinski definition) is 1. The van der Waals surface area contributed by atoms with E-state index in [1.807, 2.05) is 0 Å². The number of aryl methyl sites for hydroxylation is 1. The van der Waals surface area contributed by atoms with Crippen LogP contribution in [0.3, 0.4) is 0 Å². The molecule has 0 aromatic heterocycles. The zero-order valence-corrected chi connectivity index (χ0v) is 7.74. The van der Waals surface area contributed by atoms with E-state index in [9.17, 15) is 8.78 Å².